The van der Waals surface area contributed by atoms with Crippen molar-refractivity contribution >= 4 is 17.0 Å². The number of fused-ring (bicyclic) bond motifs is 1. The summed E-state index contributed by atoms with van der Waals surface area (Å²) < 4.78 is 46.4. The first kappa shape index (κ1) is 25.6. The summed E-state index contributed by atoms with van der Waals surface area (Å²) in [7, 11) is 1.31. The second-order valence-electron chi connectivity index (χ2n) is 9.46. The first-order chi connectivity index (χ1) is 18.5. The zero-order valence-corrected chi connectivity index (χ0v) is 21.2. The highest BCUT2D eigenvalue weighted by atomic mass is 19.2. The summed E-state index contributed by atoms with van der Waals surface area (Å²) in [5.74, 6) is -0.351. The Balaban J connectivity index is 1.41. The van der Waals surface area contributed by atoms with Gasteiger partial charge in [-0.1, -0.05) is 31.4 Å². The van der Waals surface area contributed by atoms with Crippen molar-refractivity contribution in [1.29, 1.82) is 0 Å². The van der Waals surface area contributed by atoms with Crippen molar-refractivity contribution in [3.05, 3.63) is 71.9 Å². The molecule has 0 amide bonds. The second-order valence-corrected chi connectivity index (χ2v) is 9.46. The predicted molar refractivity (Wildman–Crippen MR) is 138 cm³/mol. The Morgan fingerprint density at radius 2 is 1.79 bits per heavy atom. The number of methoxy groups -OCH3 is 1. The van der Waals surface area contributed by atoms with E-state index in [2.05, 4.69) is 9.72 Å². The Morgan fingerprint density at radius 3 is 2.55 bits per heavy atom. The average Bonchev–Trinajstić information content (AvgIpc) is 3.28. The Morgan fingerprint density at radius 1 is 1.03 bits per heavy atom. The normalized spacial score (nSPS) is 14.0. The summed E-state index contributed by atoms with van der Waals surface area (Å²) in [6.07, 6.45) is 7.40. The molecule has 9 heteroatoms. The molecule has 0 atom stereocenters. The fraction of sp³-hybridized carbons (Fsp3) is 0.345. The van der Waals surface area contributed by atoms with Crippen LogP contribution in [0.15, 0.2) is 54.7 Å². The molecule has 1 saturated carbocycles. The molecule has 198 valence electrons. The number of aromatic nitrogens is 3. The van der Waals surface area contributed by atoms with Crippen molar-refractivity contribution < 1.29 is 27.8 Å². The number of hydrogen-bond acceptors (Lipinski definition) is 6. The molecule has 5 rings (SSSR count). The van der Waals surface area contributed by atoms with Gasteiger partial charge in [-0.15, -0.1) is 0 Å². The van der Waals surface area contributed by atoms with Crippen LogP contribution in [0.4, 0.5) is 8.78 Å². The number of pyridine rings is 1. The number of carbonyl (C=O) groups is 1. The quantitative estimate of drug-likeness (QED) is 0.248. The van der Waals surface area contributed by atoms with Crippen molar-refractivity contribution in [2.45, 2.75) is 45.3 Å². The number of carbonyl (C=O) groups excluding carboxylic acids is 1. The molecule has 0 aliphatic heterocycles. The Labute approximate surface area is 219 Å². The Bertz CT molecular complexity index is 1420. The molecule has 2 heterocycles. The lowest BCUT2D eigenvalue weighted by Gasteiger charge is -2.23. The van der Waals surface area contributed by atoms with E-state index in [9.17, 15) is 13.6 Å². The van der Waals surface area contributed by atoms with E-state index in [0.29, 0.717) is 46.5 Å². The van der Waals surface area contributed by atoms with E-state index < -0.39 is 17.6 Å². The van der Waals surface area contributed by atoms with Crippen LogP contribution in [0.3, 0.4) is 0 Å². The number of benzene rings is 2. The summed E-state index contributed by atoms with van der Waals surface area (Å²) in [6.45, 7) is 0.727. The molecule has 0 unspecified atom stereocenters. The molecule has 1 aliphatic carbocycles. The van der Waals surface area contributed by atoms with Crippen molar-refractivity contribution in [2.75, 3.05) is 13.7 Å². The molecule has 2 aromatic heterocycles. The number of ether oxygens (including phenoxy) is 3. The zero-order valence-electron chi connectivity index (χ0n) is 21.2. The second kappa shape index (κ2) is 11.6. The standard InChI is InChI=1S/C29H29F2N3O4/c1-36-27(35)18-37-21-11-9-20(10-12-21)17-38-29-22(8-5-13-32-29)28-33-25-14-23(30)24(31)15-26(25)34(28)16-19-6-3-2-4-7-19/h5,8-15,19H,2-4,6-7,16-18H2,1H3. The van der Waals surface area contributed by atoms with Gasteiger partial charge in [0.05, 0.1) is 23.7 Å². The fourth-order valence-electron chi connectivity index (χ4n) is 4.85. The molecular formula is C29H29F2N3O4. The minimum atomic E-state index is -0.923. The molecule has 0 N–H and O–H groups in total. The maximum absolute atomic E-state index is 14.3. The first-order valence-electron chi connectivity index (χ1n) is 12.7. The fourth-order valence-corrected chi connectivity index (χ4v) is 4.85. The minimum absolute atomic E-state index is 0.167. The molecule has 1 fully saturated rings. The lowest BCUT2D eigenvalue weighted by Crippen LogP contribution is -2.15. The molecule has 7 nitrogen and oxygen atoms in total. The average molecular weight is 522 g/mol. The Kier molecular flexibility index (Phi) is 7.81. The van der Waals surface area contributed by atoms with E-state index in [4.69, 9.17) is 14.5 Å². The van der Waals surface area contributed by atoms with Gasteiger partial charge in [0.2, 0.25) is 5.88 Å². The minimum Gasteiger partial charge on any atom is -0.482 e. The largest absolute Gasteiger partial charge is 0.482 e. The number of nitrogens with zero attached hydrogens (tertiary/aromatic N) is 3. The number of imidazole rings is 1. The van der Waals surface area contributed by atoms with Gasteiger partial charge in [0.25, 0.3) is 0 Å². The summed E-state index contributed by atoms with van der Waals surface area (Å²) in [5, 5.41) is 0. The third kappa shape index (κ3) is 5.77. The molecule has 0 saturated heterocycles. The van der Waals surface area contributed by atoms with E-state index in [1.807, 2.05) is 22.8 Å². The van der Waals surface area contributed by atoms with Crippen LogP contribution in [-0.4, -0.2) is 34.2 Å². The van der Waals surface area contributed by atoms with Crippen LogP contribution >= 0.6 is 0 Å². The monoisotopic (exact) mass is 521 g/mol. The SMILES string of the molecule is COC(=O)COc1ccc(COc2ncccc2-c2nc3cc(F)c(F)cc3n2CC2CCCCC2)cc1. The lowest BCUT2D eigenvalue weighted by molar-refractivity contribution is -0.142. The third-order valence-corrected chi connectivity index (χ3v) is 6.85. The maximum Gasteiger partial charge on any atom is 0.343 e. The van der Waals surface area contributed by atoms with Crippen LogP contribution in [0.1, 0.15) is 37.7 Å². The van der Waals surface area contributed by atoms with Crippen molar-refractivity contribution in [1.82, 2.24) is 14.5 Å². The molecule has 38 heavy (non-hydrogen) atoms. The summed E-state index contributed by atoms with van der Waals surface area (Å²) in [6, 6.07) is 13.2. The molecule has 0 radical (unpaired) electrons. The van der Waals surface area contributed by atoms with E-state index in [-0.39, 0.29) is 13.2 Å². The van der Waals surface area contributed by atoms with Crippen molar-refractivity contribution in [2.24, 2.45) is 5.92 Å². The number of esters is 1. The lowest BCUT2D eigenvalue weighted by atomic mass is 9.89. The van der Waals surface area contributed by atoms with Gasteiger partial charge < -0.3 is 18.8 Å². The smallest absolute Gasteiger partial charge is 0.343 e. The van der Waals surface area contributed by atoms with Crippen LogP contribution in [-0.2, 0) is 22.7 Å². The molecule has 2 aromatic carbocycles. The molecule has 4 aromatic rings. The van der Waals surface area contributed by atoms with Crippen LogP contribution in [0, 0.1) is 17.6 Å². The van der Waals surface area contributed by atoms with E-state index >= 15 is 0 Å². The van der Waals surface area contributed by atoms with Crippen molar-refractivity contribution in [3.63, 3.8) is 0 Å². The molecule has 1 aliphatic rings. The van der Waals surface area contributed by atoms with Crippen LogP contribution < -0.4 is 9.47 Å². The molecule has 0 bridgehead atoms. The summed E-state index contributed by atoms with van der Waals surface area (Å²) >= 11 is 0. The van der Waals surface area contributed by atoms with Gasteiger partial charge in [0, 0.05) is 24.9 Å². The van der Waals surface area contributed by atoms with E-state index in [1.54, 1.807) is 24.4 Å². The highest BCUT2D eigenvalue weighted by Gasteiger charge is 2.22. The summed E-state index contributed by atoms with van der Waals surface area (Å²) in [4.78, 5) is 20.4. The van der Waals surface area contributed by atoms with Crippen LogP contribution in [0.25, 0.3) is 22.4 Å². The zero-order chi connectivity index (χ0) is 26.5. The van der Waals surface area contributed by atoms with Gasteiger partial charge in [-0.25, -0.2) is 23.5 Å². The maximum atomic E-state index is 14.3. The highest BCUT2D eigenvalue weighted by molar-refractivity contribution is 5.82. The van der Waals surface area contributed by atoms with Gasteiger partial charge in [-0.2, -0.15) is 0 Å². The van der Waals surface area contributed by atoms with E-state index in [0.717, 1.165) is 24.5 Å². The molecular weight excluding hydrogens is 492 g/mol. The van der Waals surface area contributed by atoms with Crippen LogP contribution in [0.2, 0.25) is 0 Å². The predicted octanol–water partition coefficient (Wildman–Crippen LogP) is 6.09. The number of rotatable bonds is 9. The molecule has 0 spiro atoms. The van der Waals surface area contributed by atoms with Gasteiger partial charge in [-0.05, 0) is 48.6 Å². The van der Waals surface area contributed by atoms with Gasteiger partial charge >= 0.3 is 5.97 Å². The highest BCUT2D eigenvalue weighted by Crippen LogP contribution is 2.34. The number of hydrogen-bond donors (Lipinski definition) is 0. The summed E-state index contributed by atoms with van der Waals surface area (Å²) in [5.41, 5.74) is 2.47. The Hall–Kier alpha value is -4.01. The van der Waals surface area contributed by atoms with Crippen molar-refractivity contribution in [3.8, 4) is 23.0 Å². The van der Waals surface area contributed by atoms with Gasteiger partial charge in [0.15, 0.2) is 18.2 Å². The van der Waals surface area contributed by atoms with Gasteiger partial charge in [-0.3, -0.25) is 0 Å². The van der Waals surface area contributed by atoms with Gasteiger partial charge in [0.1, 0.15) is 18.2 Å². The van der Waals surface area contributed by atoms with E-state index in [1.165, 1.54) is 32.4 Å². The topological polar surface area (TPSA) is 75.5 Å². The number of halogens is 2. The third-order valence-electron chi connectivity index (χ3n) is 6.85. The van der Waals surface area contributed by atoms with Crippen LogP contribution in [0.5, 0.6) is 11.6 Å². The first-order valence-corrected chi connectivity index (χ1v) is 12.7.